The molecule has 2 aromatic carbocycles. The van der Waals surface area contributed by atoms with Gasteiger partial charge in [-0.2, -0.15) is 0 Å². The maximum Gasteiger partial charge on any atom is 0.251 e. The number of nitrogens with one attached hydrogen (secondary N) is 1. The lowest BCUT2D eigenvalue weighted by Gasteiger charge is -2.14. The lowest BCUT2D eigenvalue weighted by Crippen LogP contribution is -2.26. The van der Waals surface area contributed by atoms with Crippen molar-refractivity contribution in [1.29, 1.82) is 0 Å². The zero-order valence-electron chi connectivity index (χ0n) is 17.8. The van der Waals surface area contributed by atoms with Crippen LogP contribution in [0.15, 0.2) is 48.6 Å². The van der Waals surface area contributed by atoms with Crippen LogP contribution in [0.25, 0.3) is 11.0 Å². The van der Waals surface area contributed by atoms with Gasteiger partial charge in [0, 0.05) is 25.1 Å². The number of para-hydroxylation sites is 2. The molecule has 1 N–H and O–H groups in total. The highest BCUT2D eigenvalue weighted by Crippen LogP contribution is 2.38. The predicted molar refractivity (Wildman–Crippen MR) is 117 cm³/mol. The van der Waals surface area contributed by atoms with Gasteiger partial charge in [-0.1, -0.05) is 24.3 Å². The van der Waals surface area contributed by atoms with Gasteiger partial charge in [-0.05, 0) is 31.2 Å². The third kappa shape index (κ3) is 4.40. The minimum atomic E-state index is -0.225. The largest absolute Gasteiger partial charge is 0.493 e. The van der Waals surface area contributed by atoms with Gasteiger partial charge in [0.25, 0.3) is 5.91 Å². The Balaban J connectivity index is 1.76. The van der Waals surface area contributed by atoms with E-state index < -0.39 is 0 Å². The van der Waals surface area contributed by atoms with E-state index in [1.807, 2.05) is 31.2 Å². The Labute approximate surface area is 176 Å². The number of carbonyl (C=O) groups is 1. The van der Waals surface area contributed by atoms with E-state index >= 15 is 0 Å². The Morgan fingerprint density at radius 1 is 1.10 bits per heavy atom. The van der Waals surface area contributed by atoms with Gasteiger partial charge in [0.15, 0.2) is 11.5 Å². The summed E-state index contributed by atoms with van der Waals surface area (Å²) < 4.78 is 18.1. The van der Waals surface area contributed by atoms with E-state index in [1.54, 1.807) is 12.1 Å². The Kier molecular flexibility index (Phi) is 6.61. The quantitative estimate of drug-likeness (QED) is 0.547. The monoisotopic (exact) mass is 409 g/mol. The second-order valence-corrected chi connectivity index (χ2v) is 6.98. The Hall–Kier alpha value is -3.48. The third-order valence-electron chi connectivity index (χ3n) is 4.72. The van der Waals surface area contributed by atoms with Gasteiger partial charge in [0.05, 0.1) is 32.4 Å². The lowest BCUT2D eigenvalue weighted by atomic mass is 10.1. The first kappa shape index (κ1) is 21.2. The van der Waals surface area contributed by atoms with E-state index in [0.29, 0.717) is 42.3 Å². The fourth-order valence-corrected chi connectivity index (χ4v) is 3.36. The van der Waals surface area contributed by atoms with E-state index in [1.165, 1.54) is 21.3 Å². The number of ether oxygens (including phenoxy) is 3. The minimum Gasteiger partial charge on any atom is -0.493 e. The first-order valence-electron chi connectivity index (χ1n) is 9.65. The zero-order valence-corrected chi connectivity index (χ0v) is 17.8. The molecule has 0 atom stereocenters. The van der Waals surface area contributed by atoms with Crippen molar-refractivity contribution in [2.75, 3.05) is 27.9 Å². The minimum absolute atomic E-state index is 0.225. The molecule has 0 aliphatic heterocycles. The molecule has 1 heterocycles. The van der Waals surface area contributed by atoms with Crippen LogP contribution < -0.4 is 19.5 Å². The number of hydrogen-bond acceptors (Lipinski definition) is 5. The first-order valence-corrected chi connectivity index (χ1v) is 9.65. The van der Waals surface area contributed by atoms with Crippen LogP contribution in [0.4, 0.5) is 0 Å². The maximum absolute atomic E-state index is 12.7. The number of carbonyl (C=O) groups excluding carboxylic acids is 1. The molecule has 1 amide bonds. The average Bonchev–Trinajstić information content (AvgIpc) is 3.09. The van der Waals surface area contributed by atoms with Gasteiger partial charge in [0.1, 0.15) is 5.82 Å². The Bertz CT molecular complexity index is 1050. The topological polar surface area (TPSA) is 74.6 Å². The van der Waals surface area contributed by atoms with Crippen molar-refractivity contribution in [3.63, 3.8) is 0 Å². The summed E-state index contributed by atoms with van der Waals surface area (Å²) in [6.45, 7) is 7.14. The molecule has 0 aliphatic carbocycles. The Morgan fingerprint density at radius 2 is 1.77 bits per heavy atom. The molecule has 0 unspecified atom stereocenters. The molecule has 7 heteroatoms. The van der Waals surface area contributed by atoms with E-state index in [4.69, 9.17) is 19.2 Å². The van der Waals surface area contributed by atoms with Crippen LogP contribution in [0.5, 0.6) is 17.2 Å². The van der Waals surface area contributed by atoms with E-state index in [-0.39, 0.29) is 5.91 Å². The highest BCUT2D eigenvalue weighted by atomic mass is 16.5. The molecule has 0 bridgehead atoms. The summed E-state index contributed by atoms with van der Waals surface area (Å²) in [5.41, 5.74) is 3.47. The molecule has 3 rings (SSSR count). The fraction of sp³-hybridized carbons (Fsp3) is 0.304. The number of hydrogen-bond donors (Lipinski definition) is 1. The van der Waals surface area contributed by atoms with Crippen molar-refractivity contribution in [3.8, 4) is 17.2 Å². The first-order chi connectivity index (χ1) is 14.5. The molecular formula is C23H27N3O4. The number of methoxy groups -OCH3 is 3. The summed E-state index contributed by atoms with van der Waals surface area (Å²) in [5, 5.41) is 2.95. The molecular weight excluding hydrogens is 382 g/mol. The number of aromatic nitrogens is 2. The van der Waals surface area contributed by atoms with E-state index in [9.17, 15) is 4.79 Å². The van der Waals surface area contributed by atoms with Crippen molar-refractivity contribution in [2.24, 2.45) is 0 Å². The number of benzene rings is 2. The molecule has 0 saturated carbocycles. The van der Waals surface area contributed by atoms with Gasteiger partial charge < -0.3 is 24.1 Å². The van der Waals surface area contributed by atoms with Crippen molar-refractivity contribution in [1.82, 2.24) is 14.9 Å². The summed E-state index contributed by atoms with van der Waals surface area (Å²) in [7, 11) is 4.56. The van der Waals surface area contributed by atoms with Crippen LogP contribution in [-0.2, 0) is 13.0 Å². The Morgan fingerprint density at radius 3 is 2.37 bits per heavy atom. The van der Waals surface area contributed by atoms with Gasteiger partial charge in [-0.15, -0.1) is 0 Å². The molecule has 0 aliphatic rings. The normalized spacial score (nSPS) is 10.7. The van der Waals surface area contributed by atoms with Crippen LogP contribution >= 0.6 is 0 Å². The van der Waals surface area contributed by atoms with Crippen LogP contribution in [-0.4, -0.2) is 43.3 Å². The maximum atomic E-state index is 12.7. The van der Waals surface area contributed by atoms with Gasteiger partial charge in [0.2, 0.25) is 5.75 Å². The standard InChI is InChI=1S/C23H27N3O4/c1-15(2)14-26-18-9-7-6-8-17(18)25-21(26)10-11-24-23(27)16-12-19(28-3)22(30-5)20(13-16)29-4/h6-9,12-13H,1,10-11,14H2,2-5H3,(H,24,27). The van der Waals surface area contributed by atoms with Crippen molar-refractivity contribution in [2.45, 2.75) is 19.9 Å². The van der Waals surface area contributed by atoms with Crippen LogP contribution in [0.2, 0.25) is 0 Å². The molecule has 0 fully saturated rings. The average molecular weight is 409 g/mol. The van der Waals surface area contributed by atoms with E-state index in [0.717, 1.165) is 22.4 Å². The number of rotatable bonds is 9. The number of amides is 1. The molecule has 7 nitrogen and oxygen atoms in total. The van der Waals surface area contributed by atoms with Gasteiger partial charge in [-0.25, -0.2) is 4.98 Å². The van der Waals surface area contributed by atoms with Crippen LogP contribution in [0, 0.1) is 0 Å². The highest BCUT2D eigenvalue weighted by molar-refractivity contribution is 5.95. The highest BCUT2D eigenvalue weighted by Gasteiger charge is 2.17. The van der Waals surface area contributed by atoms with Crippen molar-refractivity contribution in [3.05, 3.63) is 59.9 Å². The summed E-state index contributed by atoms with van der Waals surface area (Å²) in [5.74, 6) is 2.00. The molecule has 3 aromatic rings. The lowest BCUT2D eigenvalue weighted by molar-refractivity contribution is 0.0953. The molecule has 158 valence electrons. The second kappa shape index (κ2) is 9.35. The molecule has 0 spiro atoms. The van der Waals surface area contributed by atoms with Crippen LogP contribution in [0.1, 0.15) is 23.1 Å². The molecule has 1 aromatic heterocycles. The summed E-state index contributed by atoms with van der Waals surface area (Å²) in [4.78, 5) is 17.4. The van der Waals surface area contributed by atoms with Crippen LogP contribution in [0.3, 0.4) is 0 Å². The van der Waals surface area contributed by atoms with Gasteiger partial charge in [-0.3, -0.25) is 4.79 Å². The van der Waals surface area contributed by atoms with Crippen molar-refractivity contribution >= 4 is 16.9 Å². The predicted octanol–water partition coefficient (Wildman–Crippen LogP) is 3.61. The number of fused-ring (bicyclic) bond motifs is 1. The number of allylic oxidation sites excluding steroid dienone is 1. The SMILES string of the molecule is C=C(C)Cn1c(CCNC(=O)c2cc(OC)c(OC)c(OC)c2)nc2ccccc21. The zero-order chi connectivity index (χ0) is 21.7. The fourth-order valence-electron chi connectivity index (χ4n) is 3.36. The summed E-state index contributed by atoms with van der Waals surface area (Å²) >= 11 is 0. The third-order valence-corrected chi connectivity index (χ3v) is 4.72. The molecule has 0 saturated heterocycles. The summed E-state index contributed by atoms with van der Waals surface area (Å²) in [6.07, 6.45) is 0.595. The number of nitrogens with zero attached hydrogens (tertiary/aromatic N) is 2. The van der Waals surface area contributed by atoms with Gasteiger partial charge >= 0.3 is 0 Å². The molecule has 30 heavy (non-hydrogen) atoms. The van der Waals surface area contributed by atoms with Crippen molar-refractivity contribution < 1.29 is 19.0 Å². The smallest absolute Gasteiger partial charge is 0.251 e. The molecule has 0 radical (unpaired) electrons. The number of imidazole rings is 1. The van der Waals surface area contributed by atoms with E-state index in [2.05, 4.69) is 16.5 Å². The summed E-state index contributed by atoms with van der Waals surface area (Å²) in [6, 6.07) is 11.3. The second-order valence-electron chi connectivity index (χ2n) is 6.98.